The highest BCUT2D eigenvalue weighted by Gasteiger charge is 2.54. The summed E-state index contributed by atoms with van der Waals surface area (Å²) in [5.41, 5.74) is 24.0. The van der Waals surface area contributed by atoms with Crippen LogP contribution in [-0.4, -0.2) is 148 Å². The third kappa shape index (κ3) is 5.66. The average Bonchev–Trinajstić information content (AvgIpc) is 2.86. The molecule has 3 aliphatic heterocycles. The number of nitrogens with one attached hydrogen (secondary N) is 1. The maximum atomic E-state index is 11.1. The second kappa shape index (κ2) is 11.8. The van der Waals surface area contributed by atoms with Crippen molar-refractivity contribution in [2.75, 3.05) is 13.7 Å². The summed E-state index contributed by atoms with van der Waals surface area (Å²) in [6, 6.07) is -4.05. The molecule has 0 amide bonds. The van der Waals surface area contributed by atoms with E-state index in [0.29, 0.717) is 0 Å². The van der Waals surface area contributed by atoms with Crippen molar-refractivity contribution in [3.63, 3.8) is 0 Å². The minimum Gasteiger partial charge on any atom is -0.394 e. The molecular weight excluding hydrogens is 498 g/mol. The van der Waals surface area contributed by atoms with Crippen LogP contribution < -0.4 is 28.3 Å². The smallest absolute Gasteiger partial charge is 0.189 e. The maximum absolute atomic E-state index is 11.1. The van der Waals surface area contributed by atoms with Crippen LogP contribution in [0.3, 0.4) is 0 Å². The van der Waals surface area contributed by atoms with Gasteiger partial charge in [0.05, 0.1) is 36.9 Å². The van der Waals surface area contributed by atoms with Crippen molar-refractivity contribution in [3.8, 4) is 0 Å². The van der Waals surface area contributed by atoms with E-state index in [0.717, 1.165) is 0 Å². The van der Waals surface area contributed by atoms with Gasteiger partial charge in [0.2, 0.25) is 0 Å². The predicted molar refractivity (Wildman–Crippen MR) is 123 cm³/mol. The standard InChI is InChI=1S/C21H41N5O11/c1-26-11-14(30)18-8(33-20(11)37-21-16(32)13(29)10(25)9(4-27)34-21)3-7(24)19(36-18)35-17-6(23)2-5(22)12(28)15(17)31/h5-21,26-32H,2-4,22-25H2,1H3/t5-,6+,7+,8-,9-,10-,11-,12+,13+,14+,15-,16-,17-,18-,19?,20+,21-/m0/s1. The van der Waals surface area contributed by atoms with Gasteiger partial charge < -0.3 is 82.6 Å². The Morgan fingerprint density at radius 3 is 2.08 bits per heavy atom. The van der Waals surface area contributed by atoms with Gasteiger partial charge in [0, 0.05) is 12.1 Å². The number of fused-ring (bicyclic) bond motifs is 1. The molecule has 1 unspecified atom stereocenters. The lowest BCUT2D eigenvalue weighted by atomic mass is 9.84. The van der Waals surface area contributed by atoms with Crippen LogP contribution in [0.4, 0.5) is 0 Å². The second-order valence-electron chi connectivity index (χ2n) is 10.3. The second-order valence-corrected chi connectivity index (χ2v) is 10.3. The van der Waals surface area contributed by atoms with E-state index in [2.05, 4.69) is 5.32 Å². The number of aliphatic hydroxyl groups excluding tert-OH is 6. The molecular formula is C21H41N5O11. The molecule has 16 nitrogen and oxygen atoms in total. The van der Waals surface area contributed by atoms with Gasteiger partial charge in [0.25, 0.3) is 0 Å². The van der Waals surface area contributed by atoms with Gasteiger partial charge in [0.1, 0.15) is 42.7 Å². The number of likely N-dealkylation sites (N-methyl/N-ethyl adjacent to an activating group) is 1. The van der Waals surface area contributed by atoms with Crippen molar-refractivity contribution >= 4 is 0 Å². The van der Waals surface area contributed by atoms with Crippen molar-refractivity contribution in [1.82, 2.24) is 5.32 Å². The molecule has 37 heavy (non-hydrogen) atoms. The lowest BCUT2D eigenvalue weighted by molar-refractivity contribution is -0.373. The third-order valence-electron chi connectivity index (χ3n) is 7.74. The van der Waals surface area contributed by atoms with Gasteiger partial charge in [-0.25, -0.2) is 0 Å². The van der Waals surface area contributed by atoms with E-state index in [1.54, 1.807) is 7.05 Å². The van der Waals surface area contributed by atoms with E-state index in [1.807, 2.05) is 0 Å². The molecule has 0 aromatic carbocycles. The van der Waals surface area contributed by atoms with Gasteiger partial charge in [0.15, 0.2) is 18.9 Å². The van der Waals surface area contributed by atoms with Crippen LogP contribution in [0, 0.1) is 0 Å². The Bertz CT molecular complexity index is 756. The van der Waals surface area contributed by atoms with Gasteiger partial charge in [-0.2, -0.15) is 0 Å². The molecule has 16 heteroatoms. The van der Waals surface area contributed by atoms with E-state index < -0.39 is 111 Å². The molecule has 0 aromatic heterocycles. The quantitative estimate of drug-likeness (QED) is 0.149. The highest BCUT2D eigenvalue weighted by Crippen LogP contribution is 2.35. The third-order valence-corrected chi connectivity index (χ3v) is 7.74. The molecule has 3 saturated heterocycles. The number of ether oxygens (including phenoxy) is 5. The fourth-order valence-electron chi connectivity index (χ4n) is 5.46. The molecule has 4 rings (SSSR count). The predicted octanol–water partition coefficient (Wildman–Crippen LogP) is -6.95. The van der Waals surface area contributed by atoms with Gasteiger partial charge >= 0.3 is 0 Å². The normalized spacial score (nSPS) is 55.1. The van der Waals surface area contributed by atoms with Crippen LogP contribution in [0.5, 0.6) is 0 Å². The zero-order valence-corrected chi connectivity index (χ0v) is 20.5. The largest absolute Gasteiger partial charge is 0.394 e. The van der Waals surface area contributed by atoms with E-state index in [-0.39, 0.29) is 12.8 Å². The van der Waals surface area contributed by atoms with Crippen LogP contribution in [0.2, 0.25) is 0 Å². The highest BCUT2D eigenvalue weighted by molar-refractivity contribution is 5.01. The number of hydrogen-bond acceptors (Lipinski definition) is 16. The summed E-state index contributed by atoms with van der Waals surface area (Å²) in [4.78, 5) is 0. The summed E-state index contributed by atoms with van der Waals surface area (Å²) < 4.78 is 29.2. The Morgan fingerprint density at radius 2 is 1.43 bits per heavy atom. The molecule has 4 aliphatic rings. The first kappa shape index (κ1) is 29.3. The minimum atomic E-state index is -1.54. The maximum Gasteiger partial charge on any atom is 0.189 e. The van der Waals surface area contributed by atoms with Crippen molar-refractivity contribution < 1.29 is 54.3 Å². The van der Waals surface area contributed by atoms with E-state index >= 15 is 0 Å². The molecule has 3 heterocycles. The van der Waals surface area contributed by atoms with Crippen molar-refractivity contribution in [2.45, 2.75) is 117 Å². The van der Waals surface area contributed by atoms with Crippen LogP contribution in [-0.2, 0) is 23.7 Å². The summed E-state index contributed by atoms with van der Waals surface area (Å²) >= 11 is 0. The molecule has 0 bridgehead atoms. The Labute approximate surface area is 213 Å². The summed E-state index contributed by atoms with van der Waals surface area (Å²) in [6.07, 6.45) is -13.7. The fourth-order valence-corrected chi connectivity index (χ4v) is 5.46. The van der Waals surface area contributed by atoms with Crippen LogP contribution in [0.15, 0.2) is 0 Å². The zero-order valence-electron chi connectivity index (χ0n) is 20.5. The average molecular weight is 540 g/mol. The summed E-state index contributed by atoms with van der Waals surface area (Å²) in [5, 5.41) is 64.7. The van der Waals surface area contributed by atoms with E-state index in [1.165, 1.54) is 0 Å². The Hall–Kier alpha value is -0.640. The minimum absolute atomic E-state index is 0.156. The first-order chi connectivity index (χ1) is 17.5. The fraction of sp³-hybridized carbons (Fsp3) is 1.00. The first-order valence-electron chi connectivity index (χ1n) is 12.5. The number of aliphatic hydroxyl groups is 6. The number of nitrogens with two attached hydrogens (primary N) is 4. The summed E-state index contributed by atoms with van der Waals surface area (Å²) in [7, 11) is 1.55. The Morgan fingerprint density at radius 1 is 0.730 bits per heavy atom. The number of rotatable bonds is 6. The molecule has 4 fully saturated rings. The lowest BCUT2D eigenvalue weighted by Crippen LogP contribution is -2.70. The lowest BCUT2D eigenvalue weighted by Gasteiger charge is -2.51. The molecule has 0 spiro atoms. The SMILES string of the molecule is CN[C@@H]1[C@@H](O[C@@H]2O[C@@H](CO)[C@H](N)[C@@H](O)[C@@H]2O)O[C@H]2C[C@@H](N)C(O[C@@H]3[C@@H](O)[C@H](O)[C@@H](N)C[C@H]3N)O[C@@H]2[C@@H]1O. The van der Waals surface area contributed by atoms with Crippen molar-refractivity contribution in [2.24, 2.45) is 22.9 Å². The first-order valence-corrected chi connectivity index (χ1v) is 12.5. The van der Waals surface area contributed by atoms with Crippen molar-refractivity contribution in [1.29, 1.82) is 0 Å². The van der Waals surface area contributed by atoms with Gasteiger partial charge in [-0.15, -0.1) is 0 Å². The van der Waals surface area contributed by atoms with Crippen LogP contribution >= 0.6 is 0 Å². The molecule has 1 aliphatic carbocycles. The van der Waals surface area contributed by atoms with E-state index in [9.17, 15) is 30.6 Å². The molecule has 0 radical (unpaired) electrons. The van der Waals surface area contributed by atoms with Crippen molar-refractivity contribution in [3.05, 3.63) is 0 Å². The molecule has 216 valence electrons. The molecule has 1 saturated carbocycles. The summed E-state index contributed by atoms with van der Waals surface area (Å²) in [6.45, 7) is -0.508. The molecule has 17 atom stereocenters. The monoisotopic (exact) mass is 539 g/mol. The van der Waals surface area contributed by atoms with Crippen LogP contribution in [0.25, 0.3) is 0 Å². The zero-order chi connectivity index (χ0) is 27.2. The molecule has 15 N–H and O–H groups in total. The van der Waals surface area contributed by atoms with Gasteiger partial charge in [-0.1, -0.05) is 0 Å². The highest BCUT2D eigenvalue weighted by atomic mass is 16.8. The summed E-state index contributed by atoms with van der Waals surface area (Å²) in [5.74, 6) is 0. The van der Waals surface area contributed by atoms with E-state index in [4.69, 9.17) is 46.6 Å². The Balaban J connectivity index is 1.43. The van der Waals surface area contributed by atoms with Gasteiger partial charge in [-0.05, 0) is 19.9 Å². The Kier molecular flexibility index (Phi) is 9.40. The van der Waals surface area contributed by atoms with Gasteiger partial charge in [-0.3, -0.25) is 0 Å². The number of hydrogen-bond donors (Lipinski definition) is 11. The molecule has 0 aromatic rings. The topological polar surface area (TPSA) is 284 Å². The van der Waals surface area contributed by atoms with Crippen LogP contribution in [0.1, 0.15) is 12.8 Å².